The number of nitrogen functional groups attached to an aromatic ring is 1. The van der Waals surface area contributed by atoms with Crippen LogP contribution in [-0.2, 0) is 0 Å². The van der Waals surface area contributed by atoms with Crippen molar-refractivity contribution in [3.8, 4) is 6.07 Å². The van der Waals surface area contributed by atoms with Gasteiger partial charge in [-0.1, -0.05) is 0 Å². The topological polar surface area (TPSA) is 75.6 Å². The molecule has 4 heteroatoms. The van der Waals surface area contributed by atoms with Crippen LogP contribution in [-0.4, -0.2) is 9.97 Å². The second-order valence-corrected chi connectivity index (χ2v) is 1.35. The van der Waals surface area contributed by atoms with E-state index >= 15 is 0 Å². The average molecular weight is 136 g/mol. The predicted molar refractivity (Wildman–Crippen MR) is 37.7 cm³/mol. The van der Waals surface area contributed by atoms with Gasteiger partial charge in [0, 0.05) is 19.3 Å². The number of rotatable bonds is 0. The number of anilines is 1. The summed E-state index contributed by atoms with van der Waals surface area (Å²) in [6.45, 7) is 1.43. The molecule has 0 saturated heterocycles. The Morgan fingerprint density at radius 1 is 1.60 bits per heavy atom. The van der Waals surface area contributed by atoms with E-state index in [4.69, 9.17) is 11.0 Å². The molecule has 2 N–H and O–H groups in total. The van der Waals surface area contributed by atoms with Crippen LogP contribution < -0.4 is 5.73 Å². The standard InChI is InChI=1S/C4H5N3.C2H3N/c5-4-3-6-1-2-7-4;1-2-3/h1-3H,(H2,5,7);1H3. The summed E-state index contributed by atoms with van der Waals surface area (Å²) in [5.41, 5.74) is 5.18. The molecule has 0 radical (unpaired) electrons. The molecule has 1 heterocycles. The highest BCUT2D eigenvalue weighted by molar-refractivity contribution is 5.20. The summed E-state index contributed by atoms with van der Waals surface area (Å²) in [6, 6.07) is 1.75. The van der Waals surface area contributed by atoms with E-state index in [0.717, 1.165) is 0 Å². The Hall–Kier alpha value is -1.63. The van der Waals surface area contributed by atoms with Crippen LogP contribution in [0.15, 0.2) is 18.6 Å². The minimum atomic E-state index is 0.461. The Morgan fingerprint density at radius 3 is 2.40 bits per heavy atom. The van der Waals surface area contributed by atoms with E-state index in [2.05, 4.69) is 9.97 Å². The average Bonchev–Trinajstić information content (AvgIpc) is 1.91. The lowest BCUT2D eigenvalue weighted by Gasteiger charge is -1.82. The van der Waals surface area contributed by atoms with Crippen LogP contribution in [0.4, 0.5) is 5.82 Å². The van der Waals surface area contributed by atoms with Gasteiger partial charge in [0.15, 0.2) is 0 Å². The van der Waals surface area contributed by atoms with Crippen molar-refractivity contribution in [3.05, 3.63) is 18.6 Å². The van der Waals surface area contributed by atoms with Crippen molar-refractivity contribution in [2.24, 2.45) is 0 Å². The molecule has 0 saturated carbocycles. The quantitative estimate of drug-likeness (QED) is 0.566. The van der Waals surface area contributed by atoms with Crippen LogP contribution in [0.25, 0.3) is 0 Å². The van der Waals surface area contributed by atoms with Crippen LogP contribution in [0.5, 0.6) is 0 Å². The lowest BCUT2D eigenvalue weighted by atomic mass is 10.7. The first-order valence-electron chi connectivity index (χ1n) is 2.63. The number of hydrogen-bond donors (Lipinski definition) is 1. The molecule has 0 atom stereocenters. The molecule has 0 spiro atoms. The van der Waals surface area contributed by atoms with Crippen LogP contribution in [0.3, 0.4) is 0 Å². The number of nitrogens with zero attached hydrogens (tertiary/aromatic N) is 3. The van der Waals surface area contributed by atoms with Gasteiger partial charge in [-0.3, -0.25) is 4.98 Å². The third-order valence-electron chi connectivity index (χ3n) is 0.583. The molecule has 0 aliphatic carbocycles. The highest BCUT2D eigenvalue weighted by Gasteiger charge is 1.74. The predicted octanol–water partition coefficient (Wildman–Crippen LogP) is 0.589. The zero-order valence-electron chi connectivity index (χ0n) is 5.65. The van der Waals surface area contributed by atoms with E-state index < -0.39 is 0 Å². The van der Waals surface area contributed by atoms with Crippen molar-refractivity contribution in [2.45, 2.75) is 6.92 Å². The fourth-order valence-electron chi connectivity index (χ4n) is 0.311. The summed E-state index contributed by atoms with van der Waals surface area (Å²) in [5.74, 6) is 0.461. The molecule has 52 valence electrons. The van der Waals surface area contributed by atoms with Crippen molar-refractivity contribution < 1.29 is 0 Å². The summed E-state index contributed by atoms with van der Waals surface area (Å²) in [4.78, 5) is 7.39. The van der Waals surface area contributed by atoms with Gasteiger partial charge in [0.1, 0.15) is 5.82 Å². The third-order valence-corrected chi connectivity index (χ3v) is 0.583. The van der Waals surface area contributed by atoms with Crippen molar-refractivity contribution in [1.29, 1.82) is 5.26 Å². The van der Waals surface area contributed by atoms with Crippen molar-refractivity contribution >= 4 is 5.82 Å². The maximum Gasteiger partial charge on any atom is 0.141 e. The molecule has 1 aromatic heterocycles. The van der Waals surface area contributed by atoms with Gasteiger partial charge in [0.2, 0.25) is 0 Å². The maximum absolute atomic E-state index is 7.32. The largest absolute Gasteiger partial charge is 0.382 e. The van der Waals surface area contributed by atoms with Gasteiger partial charge in [-0.15, -0.1) is 0 Å². The summed E-state index contributed by atoms with van der Waals surface area (Å²) >= 11 is 0. The normalized spacial score (nSPS) is 6.80. The first-order valence-corrected chi connectivity index (χ1v) is 2.63. The zero-order chi connectivity index (χ0) is 7.82. The molecule has 1 rings (SSSR count). The second-order valence-electron chi connectivity index (χ2n) is 1.35. The Morgan fingerprint density at radius 2 is 2.20 bits per heavy atom. The Labute approximate surface area is 59.3 Å². The molecule has 0 fully saturated rings. The van der Waals surface area contributed by atoms with E-state index in [0.29, 0.717) is 5.82 Å². The SMILES string of the molecule is CC#N.Nc1cnccn1. The van der Waals surface area contributed by atoms with Gasteiger partial charge < -0.3 is 5.73 Å². The maximum atomic E-state index is 7.32. The first-order chi connectivity index (χ1) is 4.81. The minimum absolute atomic E-state index is 0.461. The van der Waals surface area contributed by atoms with E-state index in [1.165, 1.54) is 13.1 Å². The van der Waals surface area contributed by atoms with Gasteiger partial charge in [-0.2, -0.15) is 5.26 Å². The molecule has 0 aromatic carbocycles. The lowest BCUT2D eigenvalue weighted by Crippen LogP contribution is -1.87. The van der Waals surface area contributed by atoms with E-state index in [1.807, 2.05) is 0 Å². The second kappa shape index (κ2) is 5.51. The van der Waals surface area contributed by atoms with Crippen LogP contribution in [0, 0.1) is 11.3 Å². The van der Waals surface area contributed by atoms with E-state index in [-0.39, 0.29) is 0 Å². The molecule has 0 amide bonds. The monoisotopic (exact) mass is 136 g/mol. The van der Waals surface area contributed by atoms with Gasteiger partial charge in [-0.05, 0) is 0 Å². The minimum Gasteiger partial charge on any atom is -0.382 e. The van der Waals surface area contributed by atoms with Crippen LogP contribution >= 0.6 is 0 Å². The smallest absolute Gasteiger partial charge is 0.141 e. The molecular weight excluding hydrogens is 128 g/mol. The van der Waals surface area contributed by atoms with Crippen molar-refractivity contribution in [2.75, 3.05) is 5.73 Å². The van der Waals surface area contributed by atoms with Gasteiger partial charge in [0.05, 0.1) is 12.3 Å². The number of nitriles is 1. The summed E-state index contributed by atoms with van der Waals surface area (Å²) < 4.78 is 0. The molecule has 0 unspecified atom stereocenters. The van der Waals surface area contributed by atoms with Gasteiger partial charge in [0.25, 0.3) is 0 Å². The first kappa shape index (κ1) is 8.37. The summed E-state index contributed by atoms with van der Waals surface area (Å²) in [7, 11) is 0. The fourth-order valence-corrected chi connectivity index (χ4v) is 0.311. The molecule has 4 nitrogen and oxygen atoms in total. The molecule has 10 heavy (non-hydrogen) atoms. The van der Waals surface area contributed by atoms with Crippen molar-refractivity contribution in [1.82, 2.24) is 9.97 Å². The van der Waals surface area contributed by atoms with Crippen LogP contribution in [0.2, 0.25) is 0 Å². The summed E-state index contributed by atoms with van der Waals surface area (Å²) in [6.07, 6.45) is 4.63. The van der Waals surface area contributed by atoms with Crippen molar-refractivity contribution in [3.63, 3.8) is 0 Å². The lowest BCUT2D eigenvalue weighted by molar-refractivity contribution is 1.21. The highest BCUT2D eigenvalue weighted by Crippen LogP contribution is 1.84. The molecule has 0 bridgehead atoms. The summed E-state index contributed by atoms with van der Waals surface area (Å²) in [5, 5.41) is 7.32. The van der Waals surface area contributed by atoms with Gasteiger partial charge in [-0.25, -0.2) is 4.98 Å². The van der Waals surface area contributed by atoms with Gasteiger partial charge >= 0.3 is 0 Å². The Kier molecular flexibility index (Phi) is 4.61. The third kappa shape index (κ3) is 4.53. The van der Waals surface area contributed by atoms with E-state index in [9.17, 15) is 0 Å². The number of aromatic nitrogens is 2. The number of hydrogen-bond acceptors (Lipinski definition) is 4. The highest BCUT2D eigenvalue weighted by atomic mass is 14.9. The molecular formula is C6H8N4. The fraction of sp³-hybridized carbons (Fsp3) is 0.167. The Bertz CT molecular complexity index is 201. The zero-order valence-corrected chi connectivity index (χ0v) is 5.65. The molecule has 0 aliphatic heterocycles. The Balaban J connectivity index is 0.000000236. The number of nitrogens with two attached hydrogens (primary N) is 1. The molecule has 1 aromatic rings. The molecule has 0 aliphatic rings. The van der Waals surface area contributed by atoms with Crippen LogP contribution in [0.1, 0.15) is 6.92 Å². The van der Waals surface area contributed by atoms with E-state index in [1.54, 1.807) is 18.5 Å².